The zero-order valence-electron chi connectivity index (χ0n) is 11.1. The monoisotopic (exact) mass is 365 g/mol. The number of carbonyl (C=O) groups excluding carboxylic acids is 1. The summed E-state index contributed by atoms with van der Waals surface area (Å²) in [5.74, 6) is -0.169. The second-order valence-electron chi connectivity index (χ2n) is 4.52. The summed E-state index contributed by atoms with van der Waals surface area (Å²) in [4.78, 5) is 14.6. The number of carbonyl (C=O) groups is 1. The molecule has 0 unspecified atom stereocenters. The molecule has 0 N–H and O–H groups in total. The van der Waals surface area contributed by atoms with Gasteiger partial charge < -0.3 is 0 Å². The minimum absolute atomic E-state index is 0.169. The zero-order valence-corrected chi connectivity index (χ0v) is 14.3. The number of hydrogen-bond acceptors (Lipinski definition) is 3. The highest BCUT2D eigenvalue weighted by atomic mass is 35.5. The number of nitrogens with zero attached hydrogens (tertiary/aromatic N) is 1. The van der Waals surface area contributed by atoms with E-state index in [9.17, 15) is 4.79 Å². The normalized spacial score (nSPS) is 16.6. The molecule has 0 spiro atoms. The Morgan fingerprint density at radius 2 is 1.86 bits per heavy atom. The lowest BCUT2D eigenvalue weighted by Crippen LogP contribution is -2.27. The number of anilines is 1. The average molecular weight is 366 g/mol. The molecule has 0 saturated carbocycles. The molecule has 3 rings (SSSR count). The zero-order chi connectivity index (χ0) is 15.7. The highest BCUT2D eigenvalue weighted by molar-refractivity contribution is 8.27. The Labute approximate surface area is 147 Å². The molecule has 1 aliphatic rings. The molecule has 0 radical (unpaired) electrons. The Morgan fingerprint density at radius 1 is 1.09 bits per heavy atom. The number of hydrogen-bond donors (Lipinski definition) is 0. The fraction of sp³-hybridized carbons (Fsp3) is 0. The van der Waals surface area contributed by atoms with E-state index in [4.69, 9.17) is 35.4 Å². The van der Waals surface area contributed by atoms with Gasteiger partial charge in [0, 0.05) is 10.0 Å². The predicted octanol–water partition coefficient (Wildman–Crippen LogP) is 5.40. The van der Waals surface area contributed by atoms with Crippen LogP contribution in [-0.2, 0) is 4.79 Å². The van der Waals surface area contributed by atoms with Crippen molar-refractivity contribution >= 4 is 69.2 Å². The molecule has 22 heavy (non-hydrogen) atoms. The maximum atomic E-state index is 12.6. The molecule has 2 nitrogen and oxygen atoms in total. The summed E-state index contributed by atoms with van der Waals surface area (Å²) in [6.45, 7) is 0. The summed E-state index contributed by atoms with van der Waals surface area (Å²) in [5.41, 5.74) is 1.45. The van der Waals surface area contributed by atoms with E-state index in [-0.39, 0.29) is 5.91 Å². The third-order valence-corrected chi connectivity index (χ3v) is 4.93. The van der Waals surface area contributed by atoms with Crippen LogP contribution in [0.25, 0.3) is 6.08 Å². The number of benzene rings is 2. The van der Waals surface area contributed by atoms with Crippen LogP contribution >= 0.6 is 47.2 Å². The Morgan fingerprint density at radius 3 is 2.59 bits per heavy atom. The van der Waals surface area contributed by atoms with E-state index < -0.39 is 0 Å². The maximum absolute atomic E-state index is 12.6. The summed E-state index contributed by atoms with van der Waals surface area (Å²) in [6, 6.07) is 14.4. The topological polar surface area (TPSA) is 20.3 Å². The van der Waals surface area contributed by atoms with Gasteiger partial charge in [0.05, 0.1) is 10.6 Å². The van der Waals surface area contributed by atoms with Crippen LogP contribution in [0.5, 0.6) is 0 Å². The smallest absolute Gasteiger partial charge is 0.268 e. The van der Waals surface area contributed by atoms with Crippen LogP contribution in [-0.4, -0.2) is 10.2 Å². The van der Waals surface area contributed by atoms with Gasteiger partial charge in [-0.3, -0.25) is 9.69 Å². The van der Waals surface area contributed by atoms with Gasteiger partial charge >= 0.3 is 0 Å². The first-order chi connectivity index (χ1) is 10.6. The van der Waals surface area contributed by atoms with E-state index in [0.29, 0.717) is 25.0 Å². The maximum Gasteiger partial charge on any atom is 0.270 e. The molecule has 110 valence electrons. The molecular formula is C16H9Cl2NOS2. The molecule has 1 heterocycles. The molecule has 0 aliphatic carbocycles. The Bertz CT molecular complexity index is 804. The highest BCUT2D eigenvalue weighted by Crippen LogP contribution is 2.37. The van der Waals surface area contributed by atoms with Crippen molar-refractivity contribution in [3.05, 3.63) is 69.0 Å². The number of thiocarbonyl (C=S) groups is 1. The molecule has 1 fully saturated rings. The molecule has 2 aromatic carbocycles. The van der Waals surface area contributed by atoms with Crippen LogP contribution in [0.15, 0.2) is 53.4 Å². The van der Waals surface area contributed by atoms with Crippen LogP contribution in [0.3, 0.4) is 0 Å². The largest absolute Gasteiger partial charge is 0.270 e. The Kier molecular flexibility index (Phi) is 4.54. The van der Waals surface area contributed by atoms with Crippen molar-refractivity contribution in [3.8, 4) is 0 Å². The van der Waals surface area contributed by atoms with E-state index >= 15 is 0 Å². The first kappa shape index (κ1) is 15.6. The molecule has 6 heteroatoms. The second-order valence-corrected chi connectivity index (χ2v) is 7.04. The third-order valence-electron chi connectivity index (χ3n) is 3.05. The lowest BCUT2D eigenvalue weighted by molar-refractivity contribution is -0.113. The summed E-state index contributed by atoms with van der Waals surface area (Å²) < 4.78 is 0.477. The van der Waals surface area contributed by atoms with Gasteiger partial charge in [-0.15, -0.1) is 0 Å². The van der Waals surface area contributed by atoms with Crippen molar-refractivity contribution in [2.45, 2.75) is 0 Å². The molecule has 0 bridgehead atoms. The molecule has 1 saturated heterocycles. The van der Waals surface area contributed by atoms with E-state index in [2.05, 4.69) is 0 Å². The summed E-state index contributed by atoms with van der Waals surface area (Å²) in [5, 5.41) is 1.15. The molecule has 1 aliphatic heterocycles. The average Bonchev–Trinajstić information content (AvgIpc) is 2.76. The first-order valence-corrected chi connectivity index (χ1v) is 8.32. The minimum Gasteiger partial charge on any atom is -0.268 e. The fourth-order valence-electron chi connectivity index (χ4n) is 2.04. The molecule has 1 amide bonds. The van der Waals surface area contributed by atoms with Crippen LogP contribution in [0.4, 0.5) is 5.69 Å². The van der Waals surface area contributed by atoms with Gasteiger partial charge in [0.2, 0.25) is 0 Å². The molecule has 0 aromatic heterocycles. The fourth-order valence-corrected chi connectivity index (χ4v) is 3.70. The van der Waals surface area contributed by atoms with Gasteiger partial charge in [0.15, 0.2) is 4.32 Å². The van der Waals surface area contributed by atoms with Crippen LogP contribution in [0.2, 0.25) is 10.0 Å². The van der Waals surface area contributed by atoms with Gasteiger partial charge in [-0.1, -0.05) is 71.4 Å². The van der Waals surface area contributed by atoms with Crippen molar-refractivity contribution in [1.29, 1.82) is 0 Å². The molecular weight excluding hydrogens is 357 g/mol. The van der Waals surface area contributed by atoms with E-state index in [1.807, 2.05) is 18.2 Å². The van der Waals surface area contributed by atoms with Gasteiger partial charge in [-0.05, 0) is 35.9 Å². The molecule has 2 aromatic rings. The predicted molar refractivity (Wildman–Crippen MR) is 98.6 cm³/mol. The van der Waals surface area contributed by atoms with E-state index in [1.54, 1.807) is 36.4 Å². The third kappa shape index (κ3) is 3.06. The number of amides is 1. The van der Waals surface area contributed by atoms with E-state index in [0.717, 1.165) is 5.56 Å². The van der Waals surface area contributed by atoms with Crippen molar-refractivity contribution in [2.75, 3.05) is 4.90 Å². The van der Waals surface area contributed by atoms with Crippen molar-refractivity contribution < 1.29 is 4.79 Å². The number of rotatable bonds is 2. The lowest BCUT2D eigenvalue weighted by atomic mass is 10.2. The van der Waals surface area contributed by atoms with Gasteiger partial charge in [0.25, 0.3) is 5.91 Å². The van der Waals surface area contributed by atoms with Crippen LogP contribution in [0.1, 0.15) is 5.56 Å². The summed E-state index contributed by atoms with van der Waals surface area (Å²) in [6.07, 6.45) is 1.76. The highest BCUT2D eigenvalue weighted by Gasteiger charge is 2.33. The lowest BCUT2D eigenvalue weighted by Gasteiger charge is -2.14. The Balaban J connectivity index is 1.97. The summed E-state index contributed by atoms with van der Waals surface area (Å²) in [7, 11) is 0. The molecule has 0 atom stereocenters. The summed E-state index contributed by atoms with van der Waals surface area (Å²) >= 11 is 18.7. The standard InChI is InChI=1S/C16H9Cl2NOS2/c17-11-5-3-6-12(9-11)19-15(20)14(22-16(19)21)8-10-4-1-2-7-13(10)18/h1-9H/b14-8+. The van der Waals surface area contributed by atoms with Crippen LogP contribution < -0.4 is 4.90 Å². The minimum atomic E-state index is -0.169. The Hall–Kier alpha value is -1.33. The number of halogens is 2. The van der Waals surface area contributed by atoms with Crippen molar-refractivity contribution in [1.82, 2.24) is 0 Å². The first-order valence-electron chi connectivity index (χ1n) is 6.34. The van der Waals surface area contributed by atoms with Crippen LogP contribution in [0, 0.1) is 0 Å². The SMILES string of the molecule is O=C1/C(=C\c2ccccc2Cl)SC(=S)N1c1cccc(Cl)c1. The quantitative estimate of drug-likeness (QED) is 0.524. The van der Waals surface area contributed by atoms with Crippen molar-refractivity contribution in [3.63, 3.8) is 0 Å². The number of thioether (sulfide) groups is 1. The van der Waals surface area contributed by atoms with E-state index in [1.165, 1.54) is 16.7 Å². The second kappa shape index (κ2) is 6.42. The van der Waals surface area contributed by atoms with Crippen molar-refractivity contribution in [2.24, 2.45) is 0 Å². The van der Waals surface area contributed by atoms with Gasteiger partial charge in [0.1, 0.15) is 0 Å². The van der Waals surface area contributed by atoms with Gasteiger partial charge in [-0.2, -0.15) is 0 Å². The van der Waals surface area contributed by atoms with Gasteiger partial charge in [-0.25, -0.2) is 0 Å².